The van der Waals surface area contributed by atoms with Gasteiger partial charge in [0.25, 0.3) is 0 Å². The molecule has 0 unspecified atom stereocenters. The van der Waals surface area contributed by atoms with Gasteiger partial charge in [-0.05, 0) is 69.7 Å². The van der Waals surface area contributed by atoms with E-state index in [1.807, 2.05) is 0 Å². The fraction of sp³-hybridized carbons (Fsp3) is 0.333. The van der Waals surface area contributed by atoms with Gasteiger partial charge in [-0.2, -0.15) is 13.2 Å². The predicted octanol–water partition coefficient (Wildman–Crippen LogP) is 8.64. The normalized spacial score (nSPS) is 16.9. The first-order valence-electron chi connectivity index (χ1n) is 14.5. The molecule has 2 heterocycles. The van der Waals surface area contributed by atoms with Gasteiger partial charge in [0, 0.05) is 41.7 Å². The van der Waals surface area contributed by atoms with Gasteiger partial charge >= 0.3 is 12.1 Å². The van der Waals surface area contributed by atoms with Crippen LogP contribution in [0.3, 0.4) is 0 Å². The van der Waals surface area contributed by atoms with E-state index in [2.05, 4.69) is 16.9 Å². The molecule has 1 aliphatic rings. The van der Waals surface area contributed by atoms with Crippen LogP contribution in [-0.4, -0.2) is 33.0 Å². The molecule has 1 N–H and O–H groups in total. The Morgan fingerprint density at radius 3 is 2.38 bits per heavy atom. The number of carbonyl (C=O) groups is 2. The maximum absolute atomic E-state index is 15.5. The van der Waals surface area contributed by atoms with Crippen molar-refractivity contribution >= 4 is 28.5 Å². The van der Waals surface area contributed by atoms with Gasteiger partial charge in [0.2, 0.25) is 11.8 Å². The van der Waals surface area contributed by atoms with Crippen LogP contribution >= 0.6 is 0 Å². The Labute approximate surface area is 256 Å². The minimum Gasteiger partial charge on any atom is -0.478 e. The van der Waals surface area contributed by atoms with Crippen molar-refractivity contribution in [3.05, 3.63) is 77.9 Å². The van der Waals surface area contributed by atoms with Crippen molar-refractivity contribution < 1.29 is 41.7 Å². The van der Waals surface area contributed by atoms with E-state index in [9.17, 15) is 27.9 Å². The van der Waals surface area contributed by atoms with Gasteiger partial charge in [-0.15, -0.1) is 0 Å². The minimum atomic E-state index is -4.99. The number of halogens is 4. The molecule has 45 heavy (non-hydrogen) atoms. The molecule has 0 aliphatic heterocycles. The maximum atomic E-state index is 15.5. The molecular weight excluding hydrogens is 594 g/mol. The van der Waals surface area contributed by atoms with Crippen LogP contribution in [0.5, 0.6) is 23.1 Å². The number of carbonyl (C=O) groups excluding carboxylic acids is 1. The number of pyridine rings is 2. The molecule has 0 saturated heterocycles. The number of alkyl halides is 3. The average molecular weight is 626 g/mol. The summed E-state index contributed by atoms with van der Waals surface area (Å²) in [5.74, 6) is -4.72. The van der Waals surface area contributed by atoms with E-state index in [1.54, 1.807) is 50.4 Å². The largest absolute Gasteiger partial charge is 0.478 e. The SMILES string of the molecule is CC1CCC(C(=O)N(c2cc(F)c(Oc3ncc(Oc4cccc5ncccc45)cc3C(F)(F)F)cc2C(=O)O)C(C)C)CC1. The van der Waals surface area contributed by atoms with Crippen molar-refractivity contribution in [2.75, 3.05) is 4.90 Å². The number of aromatic carboxylic acids is 1. The number of carboxylic acid groups (broad SMARTS) is 1. The first kappa shape index (κ1) is 31.7. The lowest BCUT2D eigenvalue weighted by molar-refractivity contribution is -0.139. The van der Waals surface area contributed by atoms with Gasteiger partial charge < -0.3 is 19.5 Å². The quantitative estimate of drug-likeness (QED) is 0.196. The van der Waals surface area contributed by atoms with E-state index in [0.717, 1.165) is 31.2 Å². The number of amides is 1. The molecule has 0 bridgehead atoms. The lowest BCUT2D eigenvalue weighted by Crippen LogP contribution is -2.43. The third-order valence-corrected chi connectivity index (χ3v) is 7.83. The number of aromatic nitrogens is 2. The topological polar surface area (TPSA) is 102 Å². The number of ether oxygens (including phenoxy) is 2. The highest BCUT2D eigenvalue weighted by molar-refractivity contribution is 6.03. The Balaban J connectivity index is 1.49. The zero-order valence-corrected chi connectivity index (χ0v) is 24.8. The highest BCUT2D eigenvalue weighted by Crippen LogP contribution is 2.42. The van der Waals surface area contributed by atoms with Crippen molar-refractivity contribution in [1.29, 1.82) is 0 Å². The van der Waals surface area contributed by atoms with Crippen LogP contribution in [0.4, 0.5) is 23.2 Å². The highest BCUT2D eigenvalue weighted by atomic mass is 19.4. The third kappa shape index (κ3) is 6.84. The number of fused-ring (bicyclic) bond motifs is 1. The van der Waals surface area contributed by atoms with Gasteiger partial charge in [0.15, 0.2) is 11.6 Å². The molecule has 4 aromatic rings. The summed E-state index contributed by atoms with van der Waals surface area (Å²) in [4.78, 5) is 35.0. The molecule has 5 rings (SSSR count). The predicted molar refractivity (Wildman–Crippen MR) is 158 cm³/mol. The van der Waals surface area contributed by atoms with E-state index in [1.165, 1.54) is 4.90 Å². The first-order valence-corrected chi connectivity index (χ1v) is 14.5. The lowest BCUT2D eigenvalue weighted by atomic mass is 9.82. The summed E-state index contributed by atoms with van der Waals surface area (Å²) in [7, 11) is 0. The molecule has 1 fully saturated rings. The van der Waals surface area contributed by atoms with Crippen LogP contribution in [-0.2, 0) is 11.0 Å². The van der Waals surface area contributed by atoms with Gasteiger partial charge in [-0.1, -0.05) is 13.0 Å². The number of nitrogens with zero attached hydrogens (tertiary/aromatic N) is 3. The van der Waals surface area contributed by atoms with Gasteiger partial charge in [0.05, 0.1) is 23.0 Å². The number of hydrogen-bond acceptors (Lipinski definition) is 6. The van der Waals surface area contributed by atoms with Crippen molar-refractivity contribution in [2.24, 2.45) is 11.8 Å². The van der Waals surface area contributed by atoms with Gasteiger partial charge in [-0.25, -0.2) is 14.2 Å². The summed E-state index contributed by atoms with van der Waals surface area (Å²) in [5.41, 5.74) is -1.51. The Bertz CT molecular complexity index is 1730. The van der Waals surface area contributed by atoms with Crippen LogP contribution in [0.25, 0.3) is 10.9 Å². The number of carboxylic acids is 1. The zero-order valence-electron chi connectivity index (χ0n) is 24.8. The van der Waals surface area contributed by atoms with Crippen LogP contribution < -0.4 is 14.4 Å². The minimum absolute atomic E-state index is 0.205. The fourth-order valence-electron chi connectivity index (χ4n) is 5.52. The molecule has 0 radical (unpaired) electrons. The molecule has 12 heteroatoms. The monoisotopic (exact) mass is 625 g/mol. The second-order valence-corrected chi connectivity index (χ2v) is 11.4. The second-order valence-electron chi connectivity index (χ2n) is 11.4. The maximum Gasteiger partial charge on any atom is 0.421 e. The smallest absolute Gasteiger partial charge is 0.421 e. The van der Waals surface area contributed by atoms with Crippen LogP contribution in [0, 0.1) is 17.7 Å². The third-order valence-electron chi connectivity index (χ3n) is 7.83. The number of hydrogen-bond donors (Lipinski definition) is 1. The summed E-state index contributed by atoms with van der Waals surface area (Å²) in [6.45, 7) is 5.45. The number of benzene rings is 2. The zero-order chi connectivity index (χ0) is 32.5. The van der Waals surface area contributed by atoms with E-state index in [-0.39, 0.29) is 29.0 Å². The van der Waals surface area contributed by atoms with Crippen molar-refractivity contribution in [2.45, 2.75) is 58.7 Å². The lowest BCUT2D eigenvalue weighted by Gasteiger charge is -2.34. The first-order chi connectivity index (χ1) is 21.3. The average Bonchev–Trinajstić information content (AvgIpc) is 2.99. The molecule has 2 aromatic carbocycles. The Hall–Kier alpha value is -4.74. The molecule has 0 atom stereocenters. The summed E-state index contributed by atoms with van der Waals surface area (Å²) in [6.07, 6.45) is 0.481. The molecule has 1 aliphatic carbocycles. The molecule has 1 saturated carbocycles. The molecule has 1 amide bonds. The Kier molecular flexibility index (Phi) is 8.94. The van der Waals surface area contributed by atoms with Crippen LogP contribution in [0.15, 0.2) is 60.9 Å². The fourth-order valence-corrected chi connectivity index (χ4v) is 5.52. The van der Waals surface area contributed by atoms with Crippen molar-refractivity contribution in [1.82, 2.24) is 9.97 Å². The number of anilines is 1. The Morgan fingerprint density at radius 2 is 1.71 bits per heavy atom. The van der Waals surface area contributed by atoms with Crippen LogP contribution in [0.1, 0.15) is 62.4 Å². The molecular formula is C33H31F4N3O5. The van der Waals surface area contributed by atoms with Crippen LogP contribution in [0.2, 0.25) is 0 Å². The Morgan fingerprint density at radius 1 is 0.978 bits per heavy atom. The van der Waals surface area contributed by atoms with Crippen molar-refractivity contribution in [3.8, 4) is 23.1 Å². The molecule has 0 spiro atoms. The van der Waals surface area contributed by atoms with E-state index < -0.39 is 46.8 Å². The van der Waals surface area contributed by atoms with Crippen molar-refractivity contribution in [3.63, 3.8) is 0 Å². The summed E-state index contributed by atoms with van der Waals surface area (Å²) < 4.78 is 69.0. The summed E-state index contributed by atoms with van der Waals surface area (Å²) >= 11 is 0. The molecule has 236 valence electrons. The molecule has 8 nitrogen and oxygen atoms in total. The van der Waals surface area contributed by atoms with Gasteiger partial charge in [0.1, 0.15) is 17.1 Å². The number of rotatable bonds is 8. The van der Waals surface area contributed by atoms with E-state index >= 15 is 4.39 Å². The highest BCUT2D eigenvalue weighted by Gasteiger charge is 2.37. The standard InChI is InChI=1S/C33H31F4N3O5/c1-18(2)40(31(41)20-11-9-19(3)10-12-20)27-16-25(34)29(15-23(27)32(42)43)45-30-24(33(35,36)37)14-21(17-39-30)44-28-8-4-7-26-22(28)6-5-13-38-26/h4-8,13-20H,9-12H2,1-3H3,(H,42,43). The van der Waals surface area contributed by atoms with E-state index in [0.29, 0.717) is 35.7 Å². The van der Waals surface area contributed by atoms with E-state index in [4.69, 9.17) is 9.47 Å². The molecule has 2 aromatic heterocycles. The second kappa shape index (κ2) is 12.7. The summed E-state index contributed by atoms with van der Waals surface area (Å²) in [5, 5.41) is 10.6. The summed E-state index contributed by atoms with van der Waals surface area (Å²) in [6, 6.07) is 9.98. The van der Waals surface area contributed by atoms with Gasteiger partial charge in [-0.3, -0.25) is 9.78 Å².